The highest BCUT2D eigenvalue weighted by atomic mass is 32.1. The molecule has 0 radical (unpaired) electrons. The molecule has 27 heavy (non-hydrogen) atoms. The Morgan fingerprint density at radius 2 is 2.15 bits per heavy atom. The molecule has 144 valence electrons. The van der Waals surface area contributed by atoms with Gasteiger partial charge in [0.25, 0.3) is 11.8 Å². The summed E-state index contributed by atoms with van der Waals surface area (Å²) >= 11 is 3.04. The van der Waals surface area contributed by atoms with Gasteiger partial charge < -0.3 is 15.8 Å². The van der Waals surface area contributed by atoms with Gasteiger partial charge in [0, 0.05) is 16.2 Å². The van der Waals surface area contributed by atoms with E-state index >= 15 is 0 Å². The summed E-state index contributed by atoms with van der Waals surface area (Å²) in [6.45, 7) is 1.53. The molecule has 2 aromatic heterocycles. The number of hydrogen-bond acceptors (Lipinski definition) is 6. The number of carbonyl (C=O) groups excluding carboxylic acids is 3. The molecule has 8 heteroatoms. The molecule has 6 nitrogen and oxygen atoms in total. The monoisotopic (exact) mass is 406 g/mol. The molecule has 0 aromatic carbocycles. The zero-order chi connectivity index (χ0) is 19.4. The van der Waals surface area contributed by atoms with Gasteiger partial charge in [0.2, 0.25) is 0 Å². The van der Waals surface area contributed by atoms with Crippen molar-refractivity contribution in [2.24, 2.45) is 5.73 Å². The Morgan fingerprint density at radius 3 is 2.85 bits per heavy atom. The van der Waals surface area contributed by atoms with Crippen molar-refractivity contribution in [3.8, 4) is 0 Å². The number of nitrogens with two attached hydrogens (primary N) is 1. The lowest BCUT2D eigenvalue weighted by Gasteiger charge is -2.13. The topological polar surface area (TPSA) is 98.5 Å². The van der Waals surface area contributed by atoms with Crippen LogP contribution < -0.4 is 11.1 Å². The number of rotatable bonds is 8. The molecule has 1 aliphatic rings. The number of nitrogens with one attached hydrogen (secondary N) is 1. The highest BCUT2D eigenvalue weighted by molar-refractivity contribution is 7.17. The normalized spacial score (nSPS) is 13.8. The van der Waals surface area contributed by atoms with Gasteiger partial charge in [0.05, 0.1) is 5.56 Å². The molecule has 0 aliphatic heterocycles. The summed E-state index contributed by atoms with van der Waals surface area (Å²) < 4.78 is 5.22. The lowest BCUT2D eigenvalue weighted by atomic mass is 10.1. The molecular weight excluding hydrogens is 384 g/mol. The summed E-state index contributed by atoms with van der Waals surface area (Å²) in [5, 5.41) is 5.17. The van der Waals surface area contributed by atoms with Gasteiger partial charge in [-0.15, -0.1) is 22.7 Å². The second-order valence-corrected chi connectivity index (χ2v) is 8.62. The van der Waals surface area contributed by atoms with Crippen LogP contribution in [0.2, 0.25) is 0 Å². The van der Waals surface area contributed by atoms with E-state index in [1.54, 1.807) is 11.3 Å². The van der Waals surface area contributed by atoms with E-state index < -0.39 is 23.9 Å². The molecule has 0 saturated carbocycles. The van der Waals surface area contributed by atoms with Crippen molar-refractivity contribution >= 4 is 45.5 Å². The summed E-state index contributed by atoms with van der Waals surface area (Å²) in [5.41, 5.74) is 6.84. The van der Waals surface area contributed by atoms with Crippen LogP contribution in [0.4, 0.5) is 5.00 Å². The third-order valence-electron chi connectivity index (χ3n) is 4.47. The van der Waals surface area contributed by atoms with Crippen molar-refractivity contribution in [1.29, 1.82) is 0 Å². The third-order valence-corrected chi connectivity index (χ3v) is 6.61. The lowest BCUT2D eigenvalue weighted by Crippen LogP contribution is -2.30. The average Bonchev–Trinajstić information content (AvgIpc) is 3.31. The second kappa shape index (κ2) is 8.67. The Balaban J connectivity index is 1.52. The second-order valence-electron chi connectivity index (χ2n) is 6.48. The van der Waals surface area contributed by atoms with Gasteiger partial charge >= 0.3 is 5.97 Å². The molecule has 0 fully saturated rings. The first-order valence-electron chi connectivity index (χ1n) is 8.92. The quantitative estimate of drug-likeness (QED) is 0.657. The van der Waals surface area contributed by atoms with Crippen molar-refractivity contribution in [3.05, 3.63) is 38.4 Å². The van der Waals surface area contributed by atoms with Crippen LogP contribution in [-0.4, -0.2) is 23.9 Å². The van der Waals surface area contributed by atoms with Crippen molar-refractivity contribution in [2.75, 3.05) is 5.32 Å². The van der Waals surface area contributed by atoms with E-state index in [9.17, 15) is 14.4 Å². The first kappa shape index (κ1) is 19.6. The fraction of sp³-hybridized carbons (Fsp3) is 0.421. The SMILES string of the molecule is C[C@H](OC(=O)CCCc1cccs1)C(=O)Nc1sc2c(c1C(N)=O)CCC2. The summed E-state index contributed by atoms with van der Waals surface area (Å²) in [7, 11) is 0. The predicted molar refractivity (Wildman–Crippen MR) is 106 cm³/mol. The van der Waals surface area contributed by atoms with Crippen LogP contribution >= 0.6 is 22.7 Å². The average molecular weight is 407 g/mol. The number of thiophene rings is 2. The summed E-state index contributed by atoms with van der Waals surface area (Å²) in [6, 6.07) is 4.01. The number of aryl methyl sites for hydroxylation is 2. The number of ether oxygens (including phenoxy) is 1. The summed E-state index contributed by atoms with van der Waals surface area (Å²) in [4.78, 5) is 38.4. The van der Waals surface area contributed by atoms with Crippen LogP contribution in [0.25, 0.3) is 0 Å². The van der Waals surface area contributed by atoms with Crippen molar-refractivity contribution < 1.29 is 19.1 Å². The molecule has 0 unspecified atom stereocenters. The van der Waals surface area contributed by atoms with Crippen LogP contribution in [0.5, 0.6) is 0 Å². The minimum Gasteiger partial charge on any atom is -0.453 e. The number of esters is 1. The molecule has 0 saturated heterocycles. The number of primary amides is 1. The Bertz CT molecular complexity index is 842. The van der Waals surface area contributed by atoms with Crippen molar-refractivity contribution in [1.82, 2.24) is 0 Å². The molecule has 2 heterocycles. The van der Waals surface area contributed by atoms with E-state index in [0.29, 0.717) is 17.0 Å². The van der Waals surface area contributed by atoms with Gasteiger partial charge in [-0.05, 0) is 56.0 Å². The van der Waals surface area contributed by atoms with E-state index in [4.69, 9.17) is 10.5 Å². The standard InChI is InChI=1S/C19H22N2O4S2/c1-11(25-15(22)9-2-5-12-6-4-10-26-12)18(24)21-19-16(17(20)23)13-7-3-8-14(13)27-19/h4,6,10-11H,2-3,5,7-9H2,1H3,(H2,20,23)(H,21,24)/t11-/m0/s1. The zero-order valence-corrected chi connectivity index (χ0v) is 16.7. The fourth-order valence-corrected chi connectivity index (χ4v) is 5.19. The third kappa shape index (κ3) is 4.75. The minimum absolute atomic E-state index is 0.259. The predicted octanol–water partition coefficient (Wildman–Crippen LogP) is 3.29. The van der Waals surface area contributed by atoms with Crippen LogP contribution in [0.1, 0.15) is 51.9 Å². The van der Waals surface area contributed by atoms with E-state index in [2.05, 4.69) is 5.32 Å². The van der Waals surface area contributed by atoms with Gasteiger partial charge in [0.15, 0.2) is 6.10 Å². The van der Waals surface area contributed by atoms with E-state index in [1.807, 2.05) is 17.5 Å². The number of hydrogen-bond donors (Lipinski definition) is 2. The Kier molecular flexibility index (Phi) is 6.28. The maximum absolute atomic E-state index is 12.4. The van der Waals surface area contributed by atoms with Gasteiger partial charge in [-0.3, -0.25) is 14.4 Å². The van der Waals surface area contributed by atoms with E-state index in [1.165, 1.54) is 23.1 Å². The maximum atomic E-state index is 12.4. The van der Waals surface area contributed by atoms with E-state index in [0.717, 1.165) is 36.1 Å². The molecule has 1 aliphatic carbocycles. The molecule has 2 amide bonds. The molecule has 2 aromatic rings. The van der Waals surface area contributed by atoms with Gasteiger partial charge in [0.1, 0.15) is 5.00 Å². The Hall–Kier alpha value is -2.19. The first-order valence-corrected chi connectivity index (χ1v) is 10.6. The highest BCUT2D eigenvalue weighted by Gasteiger charge is 2.27. The smallest absolute Gasteiger partial charge is 0.306 e. The Labute approximate surface area is 165 Å². The largest absolute Gasteiger partial charge is 0.453 e. The van der Waals surface area contributed by atoms with Gasteiger partial charge in [-0.25, -0.2) is 0 Å². The molecule has 0 bridgehead atoms. The first-order chi connectivity index (χ1) is 13.0. The number of fused-ring (bicyclic) bond motifs is 1. The van der Waals surface area contributed by atoms with Crippen molar-refractivity contribution in [3.63, 3.8) is 0 Å². The highest BCUT2D eigenvalue weighted by Crippen LogP contribution is 2.38. The van der Waals surface area contributed by atoms with Crippen LogP contribution in [0, 0.1) is 0 Å². The number of amides is 2. The number of carbonyl (C=O) groups is 3. The molecule has 3 rings (SSSR count). The molecule has 1 atom stereocenters. The van der Waals surface area contributed by atoms with E-state index in [-0.39, 0.29) is 6.42 Å². The summed E-state index contributed by atoms with van der Waals surface area (Å²) in [6.07, 6.45) is 3.51. The lowest BCUT2D eigenvalue weighted by molar-refractivity contribution is -0.153. The molecular formula is C19H22N2O4S2. The van der Waals surface area contributed by atoms with Crippen molar-refractivity contribution in [2.45, 2.75) is 51.6 Å². The summed E-state index contributed by atoms with van der Waals surface area (Å²) in [5.74, 6) is -1.40. The molecule has 0 spiro atoms. The van der Waals surface area contributed by atoms with Crippen LogP contribution in [0.15, 0.2) is 17.5 Å². The van der Waals surface area contributed by atoms with Crippen LogP contribution in [0.3, 0.4) is 0 Å². The zero-order valence-electron chi connectivity index (χ0n) is 15.1. The maximum Gasteiger partial charge on any atom is 0.306 e. The molecule has 3 N–H and O–H groups in total. The Morgan fingerprint density at radius 1 is 1.33 bits per heavy atom. The minimum atomic E-state index is -0.933. The van der Waals surface area contributed by atoms with Gasteiger partial charge in [-0.1, -0.05) is 6.07 Å². The number of anilines is 1. The fourth-order valence-electron chi connectivity index (χ4n) is 3.14. The van der Waals surface area contributed by atoms with Gasteiger partial charge in [-0.2, -0.15) is 0 Å². The van der Waals surface area contributed by atoms with Crippen LogP contribution in [-0.2, 0) is 33.6 Å².